The lowest BCUT2D eigenvalue weighted by atomic mass is 9.87. The summed E-state index contributed by atoms with van der Waals surface area (Å²) in [6.45, 7) is 9.27. The zero-order valence-corrected chi connectivity index (χ0v) is 12.2. The summed E-state index contributed by atoms with van der Waals surface area (Å²) in [6.07, 6.45) is 0.765. The van der Waals surface area contributed by atoms with Gasteiger partial charge in [-0.15, -0.1) is 0 Å². The van der Waals surface area contributed by atoms with E-state index < -0.39 is 0 Å². The first-order valence-electron chi connectivity index (χ1n) is 7.08. The van der Waals surface area contributed by atoms with Crippen molar-refractivity contribution in [3.63, 3.8) is 0 Å². The minimum absolute atomic E-state index is 0.189. The monoisotopic (exact) mass is 263 g/mol. The molecule has 0 saturated carbocycles. The van der Waals surface area contributed by atoms with Crippen LogP contribution in [0.1, 0.15) is 32.8 Å². The number of morpholine rings is 1. The zero-order chi connectivity index (χ0) is 13.9. The lowest BCUT2D eigenvalue weighted by Crippen LogP contribution is -2.46. The number of rotatable bonds is 3. The molecule has 0 bridgehead atoms. The molecule has 0 amide bonds. The number of ether oxygens (including phenoxy) is 1. The van der Waals surface area contributed by atoms with Crippen LogP contribution >= 0.6 is 0 Å². The summed E-state index contributed by atoms with van der Waals surface area (Å²) >= 11 is 0. The summed E-state index contributed by atoms with van der Waals surface area (Å²) in [4.78, 5) is 2.35. The molecule has 1 unspecified atom stereocenters. The Morgan fingerprint density at radius 3 is 2.53 bits per heavy atom. The van der Waals surface area contributed by atoms with Crippen molar-refractivity contribution in [2.45, 2.75) is 38.6 Å². The molecule has 1 atom stereocenters. The molecule has 1 aliphatic rings. The van der Waals surface area contributed by atoms with E-state index in [2.05, 4.69) is 49.9 Å². The molecule has 1 heterocycles. The highest BCUT2D eigenvalue weighted by Crippen LogP contribution is 2.27. The van der Waals surface area contributed by atoms with E-state index in [1.807, 2.05) is 0 Å². The van der Waals surface area contributed by atoms with Crippen molar-refractivity contribution >= 4 is 5.69 Å². The lowest BCUT2D eigenvalue weighted by Gasteiger charge is -2.37. The number of benzene rings is 1. The summed E-state index contributed by atoms with van der Waals surface area (Å²) in [5, 5.41) is 9.15. The Kier molecular flexibility index (Phi) is 4.48. The molecule has 1 aromatic rings. The maximum atomic E-state index is 9.15. The molecule has 0 aromatic heterocycles. The quantitative estimate of drug-likeness (QED) is 0.910. The van der Waals surface area contributed by atoms with Gasteiger partial charge in [-0.2, -0.15) is 0 Å². The van der Waals surface area contributed by atoms with Crippen LogP contribution in [0.5, 0.6) is 0 Å². The molecule has 1 aliphatic heterocycles. The molecule has 3 nitrogen and oxygen atoms in total. The maximum Gasteiger partial charge on any atom is 0.0671 e. The largest absolute Gasteiger partial charge is 0.396 e. The fraction of sp³-hybridized carbons (Fsp3) is 0.625. The van der Waals surface area contributed by atoms with Crippen LogP contribution in [-0.4, -0.2) is 37.5 Å². The molecule has 2 rings (SSSR count). The van der Waals surface area contributed by atoms with Gasteiger partial charge in [0.2, 0.25) is 0 Å². The molecular formula is C16H25NO2. The minimum Gasteiger partial charge on any atom is -0.396 e. The Labute approximate surface area is 116 Å². The topological polar surface area (TPSA) is 32.7 Å². The molecule has 3 heteroatoms. The van der Waals surface area contributed by atoms with Crippen LogP contribution in [0, 0.1) is 0 Å². The predicted octanol–water partition coefficient (Wildman–Crippen LogP) is 2.57. The predicted molar refractivity (Wildman–Crippen MR) is 78.8 cm³/mol. The van der Waals surface area contributed by atoms with E-state index in [1.54, 1.807) is 0 Å². The smallest absolute Gasteiger partial charge is 0.0671 e. The lowest BCUT2D eigenvalue weighted by molar-refractivity contribution is 0.0850. The molecular weight excluding hydrogens is 238 g/mol. The second-order valence-corrected chi connectivity index (χ2v) is 6.23. The standard InChI is InChI=1S/C16H25NO2/c1-16(2,3)13-4-6-14(7-5-13)17-9-11-19-12-15(17)8-10-18/h4-7,15,18H,8-12H2,1-3H3. The van der Waals surface area contributed by atoms with Crippen LogP contribution in [-0.2, 0) is 10.2 Å². The van der Waals surface area contributed by atoms with Crippen molar-refractivity contribution in [2.24, 2.45) is 0 Å². The van der Waals surface area contributed by atoms with Crippen LogP contribution in [0.3, 0.4) is 0 Å². The molecule has 1 fully saturated rings. The highest BCUT2D eigenvalue weighted by molar-refractivity contribution is 5.49. The third-order valence-electron chi connectivity index (χ3n) is 3.75. The fourth-order valence-electron chi connectivity index (χ4n) is 2.54. The van der Waals surface area contributed by atoms with E-state index in [0.717, 1.165) is 19.6 Å². The van der Waals surface area contributed by atoms with E-state index in [4.69, 9.17) is 9.84 Å². The highest BCUT2D eigenvalue weighted by Gasteiger charge is 2.23. The van der Waals surface area contributed by atoms with Gasteiger partial charge in [0.05, 0.1) is 19.3 Å². The van der Waals surface area contributed by atoms with Crippen molar-refractivity contribution in [1.82, 2.24) is 0 Å². The first-order valence-corrected chi connectivity index (χ1v) is 7.08. The van der Waals surface area contributed by atoms with E-state index in [-0.39, 0.29) is 12.0 Å². The number of nitrogens with zero attached hydrogens (tertiary/aromatic N) is 1. The van der Waals surface area contributed by atoms with Gasteiger partial charge in [0.15, 0.2) is 0 Å². The van der Waals surface area contributed by atoms with E-state index in [1.165, 1.54) is 11.3 Å². The van der Waals surface area contributed by atoms with Gasteiger partial charge in [0, 0.05) is 18.8 Å². The van der Waals surface area contributed by atoms with Crippen LogP contribution in [0.25, 0.3) is 0 Å². The second-order valence-electron chi connectivity index (χ2n) is 6.23. The van der Waals surface area contributed by atoms with Crippen LogP contribution < -0.4 is 4.90 Å². The summed E-state index contributed by atoms with van der Waals surface area (Å²) in [5.74, 6) is 0. The first-order chi connectivity index (χ1) is 9.02. The number of hydrogen-bond acceptors (Lipinski definition) is 3. The Bertz CT molecular complexity index is 392. The Morgan fingerprint density at radius 2 is 1.95 bits per heavy atom. The molecule has 1 N–H and O–H groups in total. The second kappa shape index (κ2) is 5.93. The third-order valence-corrected chi connectivity index (χ3v) is 3.75. The number of aliphatic hydroxyl groups excluding tert-OH is 1. The molecule has 0 aliphatic carbocycles. The Morgan fingerprint density at radius 1 is 1.26 bits per heavy atom. The van der Waals surface area contributed by atoms with Crippen molar-refractivity contribution < 1.29 is 9.84 Å². The zero-order valence-electron chi connectivity index (χ0n) is 12.2. The normalized spacial score (nSPS) is 20.6. The van der Waals surface area contributed by atoms with Gasteiger partial charge in [-0.05, 0) is 29.5 Å². The summed E-state index contributed by atoms with van der Waals surface area (Å²) < 4.78 is 5.51. The summed E-state index contributed by atoms with van der Waals surface area (Å²) in [5.41, 5.74) is 2.77. The highest BCUT2D eigenvalue weighted by atomic mass is 16.5. The molecule has 1 saturated heterocycles. The van der Waals surface area contributed by atoms with Gasteiger partial charge in [-0.3, -0.25) is 0 Å². The van der Waals surface area contributed by atoms with Crippen molar-refractivity contribution in [1.29, 1.82) is 0 Å². The van der Waals surface area contributed by atoms with E-state index >= 15 is 0 Å². The van der Waals surface area contributed by atoms with Crippen molar-refractivity contribution in [2.75, 3.05) is 31.3 Å². The van der Waals surface area contributed by atoms with E-state index in [0.29, 0.717) is 12.6 Å². The minimum atomic E-state index is 0.189. The number of anilines is 1. The van der Waals surface area contributed by atoms with Crippen LogP contribution in [0.2, 0.25) is 0 Å². The Balaban J connectivity index is 2.15. The molecule has 106 valence electrons. The van der Waals surface area contributed by atoms with Gasteiger partial charge < -0.3 is 14.7 Å². The first kappa shape index (κ1) is 14.4. The van der Waals surface area contributed by atoms with Gasteiger partial charge in [0.1, 0.15) is 0 Å². The molecule has 0 spiro atoms. The van der Waals surface area contributed by atoms with Crippen LogP contribution in [0.15, 0.2) is 24.3 Å². The van der Waals surface area contributed by atoms with Crippen molar-refractivity contribution in [3.8, 4) is 0 Å². The SMILES string of the molecule is CC(C)(C)c1ccc(N2CCOCC2CCO)cc1. The Hall–Kier alpha value is -1.06. The van der Waals surface area contributed by atoms with E-state index in [9.17, 15) is 0 Å². The van der Waals surface area contributed by atoms with Gasteiger partial charge in [-0.1, -0.05) is 32.9 Å². The summed E-state index contributed by atoms with van der Waals surface area (Å²) in [6, 6.07) is 9.09. The number of hydrogen-bond donors (Lipinski definition) is 1. The van der Waals surface area contributed by atoms with Crippen LogP contribution in [0.4, 0.5) is 5.69 Å². The molecule has 1 aromatic carbocycles. The van der Waals surface area contributed by atoms with Gasteiger partial charge in [-0.25, -0.2) is 0 Å². The average Bonchev–Trinajstić information content (AvgIpc) is 2.39. The van der Waals surface area contributed by atoms with Gasteiger partial charge in [0.25, 0.3) is 0 Å². The third kappa shape index (κ3) is 3.48. The maximum absolute atomic E-state index is 9.15. The molecule has 0 radical (unpaired) electrons. The number of aliphatic hydroxyl groups is 1. The fourth-order valence-corrected chi connectivity index (χ4v) is 2.54. The summed E-state index contributed by atoms with van der Waals surface area (Å²) in [7, 11) is 0. The van der Waals surface area contributed by atoms with Crippen molar-refractivity contribution in [3.05, 3.63) is 29.8 Å². The molecule has 19 heavy (non-hydrogen) atoms. The van der Waals surface area contributed by atoms with Gasteiger partial charge >= 0.3 is 0 Å². The average molecular weight is 263 g/mol.